The number of fused-ring (bicyclic) bond motifs is 6. The van der Waals surface area contributed by atoms with Crippen LogP contribution in [0.2, 0.25) is 0 Å². The van der Waals surface area contributed by atoms with E-state index in [4.69, 9.17) is 0 Å². The molecule has 0 unspecified atom stereocenters. The molecule has 11 aromatic rings. The van der Waals surface area contributed by atoms with Crippen LogP contribution >= 0.6 is 0 Å². The molecule has 0 N–H and O–H groups in total. The summed E-state index contributed by atoms with van der Waals surface area (Å²) in [5, 5.41) is 7.44. The summed E-state index contributed by atoms with van der Waals surface area (Å²) in [6.07, 6.45) is 0. The quantitative estimate of drug-likeness (QED) is 0.148. The SMILES string of the molecule is c1ccc(-c2cc(-c3ccccc3)cc(-c3ccc(N(c4ccc(-n5c6ccccc6c6ccccc65)cc4)c4cccc5ccc6ccccc6c45)cc3)c2)cc1. The summed E-state index contributed by atoms with van der Waals surface area (Å²) < 4.78 is 2.38. The number of benzene rings is 10. The molecular formula is C56H38N2. The number of para-hydroxylation sites is 2. The van der Waals surface area contributed by atoms with Crippen molar-refractivity contribution in [1.29, 1.82) is 0 Å². The molecule has 0 aliphatic heterocycles. The highest BCUT2D eigenvalue weighted by Gasteiger charge is 2.19. The van der Waals surface area contributed by atoms with Gasteiger partial charge >= 0.3 is 0 Å². The molecule has 58 heavy (non-hydrogen) atoms. The highest BCUT2D eigenvalue weighted by atomic mass is 15.1. The maximum Gasteiger partial charge on any atom is 0.0546 e. The van der Waals surface area contributed by atoms with Crippen LogP contribution in [0.25, 0.3) is 82.4 Å². The highest BCUT2D eigenvalue weighted by molar-refractivity contribution is 6.15. The van der Waals surface area contributed by atoms with Gasteiger partial charge in [-0.15, -0.1) is 0 Å². The highest BCUT2D eigenvalue weighted by Crippen LogP contribution is 2.43. The lowest BCUT2D eigenvalue weighted by molar-refractivity contribution is 1.17. The summed E-state index contributed by atoms with van der Waals surface area (Å²) in [4.78, 5) is 2.42. The summed E-state index contributed by atoms with van der Waals surface area (Å²) in [6.45, 7) is 0. The molecule has 0 saturated carbocycles. The van der Waals surface area contributed by atoms with Gasteiger partial charge in [0, 0.05) is 33.2 Å². The Morgan fingerprint density at radius 2 is 0.741 bits per heavy atom. The zero-order valence-corrected chi connectivity index (χ0v) is 31.8. The van der Waals surface area contributed by atoms with E-state index in [1.165, 1.54) is 76.7 Å². The van der Waals surface area contributed by atoms with E-state index < -0.39 is 0 Å². The number of hydrogen-bond donors (Lipinski definition) is 0. The first-order chi connectivity index (χ1) is 28.8. The lowest BCUT2D eigenvalue weighted by atomic mass is 9.93. The standard InChI is InChI=1S/C56H38N2/c1-3-14-39(15-4-1)44-36-45(40-16-5-2-6-17-40)38-46(37-44)41-28-30-47(31-29-41)57(55-25-13-19-43-27-26-42-18-7-8-20-50(42)56(43)55)48-32-34-49(35-33-48)58-53-23-11-9-21-51(53)52-22-10-12-24-54(52)58/h1-38H. The molecule has 272 valence electrons. The second-order valence-corrected chi connectivity index (χ2v) is 15.0. The molecule has 0 fully saturated rings. The molecule has 0 aliphatic carbocycles. The van der Waals surface area contributed by atoms with Gasteiger partial charge in [-0.25, -0.2) is 0 Å². The minimum atomic E-state index is 1.09. The number of nitrogens with zero attached hydrogens (tertiary/aromatic N) is 2. The van der Waals surface area contributed by atoms with E-state index in [2.05, 4.69) is 240 Å². The fourth-order valence-corrected chi connectivity index (χ4v) is 8.80. The predicted octanol–water partition coefficient (Wildman–Crippen LogP) is 15.6. The van der Waals surface area contributed by atoms with Crippen molar-refractivity contribution < 1.29 is 0 Å². The number of anilines is 3. The summed E-state index contributed by atoms with van der Waals surface area (Å²) in [5.74, 6) is 0. The third-order valence-corrected chi connectivity index (χ3v) is 11.5. The van der Waals surface area contributed by atoms with Crippen molar-refractivity contribution in [3.63, 3.8) is 0 Å². The van der Waals surface area contributed by atoms with Gasteiger partial charge in [0.2, 0.25) is 0 Å². The molecule has 10 aromatic carbocycles. The molecule has 0 saturated heterocycles. The Morgan fingerprint density at radius 3 is 1.33 bits per heavy atom. The van der Waals surface area contributed by atoms with Crippen LogP contribution in [0.15, 0.2) is 231 Å². The molecule has 11 rings (SSSR count). The van der Waals surface area contributed by atoms with Gasteiger partial charge in [-0.05, 0) is 122 Å². The second kappa shape index (κ2) is 14.1. The first kappa shape index (κ1) is 33.6. The second-order valence-electron chi connectivity index (χ2n) is 15.0. The minimum Gasteiger partial charge on any atom is -0.310 e. The Balaban J connectivity index is 1.07. The largest absolute Gasteiger partial charge is 0.310 e. The number of aromatic nitrogens is 1. The molecule has 1 aromatic heterocycles. The van der Waals surface area contributed by atoms with Gasteiger partial charge in [0.15, 0.2) is 0 Å². The third kappa shape index (κ3) is 5.82. The Bertz CT molecular complexity index is 3140. The van der Waals surface area contributed by atoms with E-state index in [9.17, 15) is 0 Å². The van der Waals surface area contributed by atoms with Crippen LogP contribution in [0.1, 0.15) is 0 Å². The van der Waals surface area contributed by atoms with Crippen molar-refractivity contribution >= 4 is 60.4 Å². The van der Waals surface area contributed by atoms with Crippen molar-refractivity contribution in [2.24, 2.45) is 0 Å². The van der Waals surface area contributed by atoms with Crippen LogP contribution in [0.4, 0.5) is 17.1 Å². The Morgan fingerprint density at radius 1 is 0.293 bits per heavy atom. The van der Waals surface area contributed by atoms with E-state index >= 15 is 0 Å². The van der Waals surface area contributed by atoms with Crippen molar-refractivity contribution in [1.82, 2.24) is 4.57 Å². The molecule has 0 radical (unpaired) electrons. The van der Waals surface area contributed by atoms with Crippen molar-refractivity contribution in [2.45, 2.75) is 0 Å². The average molecular weight is 739 g/mol. The summed E-state index contributed by atoms with van der Waals surface area (Å²) in [7, 11) is 0. The minimum absolute atomic E-state index is 1.09. The zero-order valence-electron chi connectivity index (χ0n) is 31.8. The smallest absolute Gasteiger partial charge is 0.0546 e. The number of rotatable bonds is 7. The van der Waals surface area contributed by atoms with Gasteiger partial charge < -0.3 is 9.47 Å². The van der Waals surface area contributed by atoms with Gasteiger partial charge in [-0.3, -0.25) is 0 Å². The van der Waals surface area contributed by atoms with E-state index in [-0.39, 0.29) is 0 Å². The van der Waals surface area contributed by atoms with E-state index in [0.717, 1.165) is 22.7 Å². The van der Waals surface area contributed by atoms with Crippen LogP contribution in [0, 0.1) is 0 Å². The summed E-state index contributed by atoms with van der Waals surface area (Å²) in [6, 6.07) is 83.7. The van der Waals surface area contributed by atoms with Gasteiger partial charge in [-0.1, -0.05) is 158 Å². The van der Waals surface area contributed by atoms with Gasteiger partial charge in [0.1, 0.15) is 0 Å². The molecular weight excluding hydrogens is 701 g/mol. The van der Waals surface area contributed by atoms with Crippen LogP contribution in [0.5, 0.6) is 0 Å². The van der Waals surface area contributed by atoms with Crippen molar-refractivity contribution in [3.8, 4) is 39.1 Å². The Labute approximate surface area is 338 Å². The fourth-order valence-electron chi connectivity index (χ4n) is 8.80. The predicted molar refractivity (Wildman–Crippen MR) is 247 cm³/mol. The van der Waals surface area contributed by atoms with Gasteiger partial charge in [-0.2, -0.15) is 0 Å². The van der Waals surface area contributed by atoms with Gasteiger partial charge in [0.25, 0.3) is 0 Å². The Hall–Kier alpha value is -7.68. The molecule has 0 spiro atoms. The third-order valence-electron chi connectivity index (χ3n) is 11.5. The fraction of sp³-hybridized carbons (Fsp3) is 0. The molecule has 2 heteroatoms. The maximum absolute atomic E-state index is 2.42. The molecule has 1 heterocycles. The van der Waals surface area contributed by atoms with Crippen LogP contribution in [-0.2, 0) is 0 Å². The van der Waals surface area contributed by atoms with Crippen molar-refractivity contribution in [2.75, 3.05) is 4.90 Å². The topological polar surface area (TPSA) is 8.17 Å². The lowest BCUT2D eigenvalue weighted by Crippen LogP contribution is -2.11. The van der Waals surface area contributed by atoms with Crippen molar-refractivity contribution in [3.05, 3.63) is 231 Å². The van der Waals surface area contributed by atoms with Crippen LogP contribution < -0.4 is 4.90 Å². The zero-order chi connectivity index (χ0) is 38.4. The number of hydrogen-bond acceptors (Lipinski definition) is 1. The lowest BCUT2D eigenvalue weighted by Gasteiger charge is -2.28. The average Bonchev–Trinajstić information content (AvgIpc) is 3.64. The van der Waals surface area contributed by atoms with Crippen LogP contribution in [0.3, 0.4) is 0 Å². The molecule has 0 amide bonds. The summed E-state index contributed by atoms with van der Waals surface area (Å²) >= 11 is 0. The van der Waals surface area contributed by atoms with E-state index in [1.54, 1.807) is 0 Å². The Kier molecular flexibility index (Phi) is 8.19. The summed E-state index contributed by atoms with van der Waals surface area (Å²) in [5.41, 5.74) is 14.0. The molecule has 0 atom stereocenters. The first-order valence-electron chi connectivity index (χ1n) is 19.9. The van der Waals surface area contributed by atoms with Crippen LogP contribution in [-0.4, -0.2) is 4.57 Å². The molecule has 2 nitrogen and oxygen atoms in total. The monoisotopic (exact) mass is 738 g/mol. The van der Waals surface area contributed by atoms with E-state index in [0.29, 0.717) is 0 Å². The molecule has 0 bridgehead atoms. The maximum atomic E-state index is 2.42. The normalized spacial score (nSPS) is 11.4. The molecule has 0 aliphatic rings. The van der Waals surface area contributed by atoms with E-state index in [1.807, 2.05) is 0 Å². The van der Waals surface area contributed by atoms with Gasteiger partial charge in [0.05, 0.1) is 16.7 Å². The first-order valence-corrected chi connectivity index (χ1v) is 19.9.